The highest BCUT2D eigenvalue weighted by atomic mass is 16.5. The van der Waals surface area contributed by atoms with Gasteiger partial charge in [-0.2, -0.15) is 0 Å². The summed E-state index contributed by atoms with van der Waals surface area (Å²) < 4.78 is 5.58. The van der Waals surface area contributed by atoms with Crippen LogP contribution in [-0.2, 0) is 0 Å². The first-order valence-corrected chi connectivity index (χ1v) is 8.29. The summed E-state index contributed by atoms with van der Waals surface area (Å²) in [4.78, 5) is 2.58. The molecule has 1 heterocycles. The van der Waals surface area contributed by atoms with Crippen LogP contribution in [0, 0.1) is 5.92 Å². The standard InChI is InChI=1S/C18H30N2O/c1-4-16(19)18(15-9-5-6-10-17(15)21-3)20-12-7-8-14(2)11-13-20/h5-6,9-10,14,16,18H,4,7-8,11-13,19H2,1-3H3. The predicted molar refractivity (Wildman–Crippen MR) is 88.6 cm³/mol. The lowest BCUT2D eigenvalue weighted by Gasteiger charge is -2.35. The summed E-state index contributed by atoms with van der Waals surface area (Å²) in [7, 11) is 1.75. The first-order valence-electron chi connectivity index (χ1n) is 8.29. The van der Waals surface area contributed by atoms with E-state index >= 15 is 0 Å². The van der Waals surface area contributed by atoms with Crippen molar-refractivity contribution < 1.29 is 4.74 Å². The Balaban J connectivity index is 2.29. The zero-order valence-corrected chi connectivity index (χ0v) is 13.7. The Hall–Kier alpha value is -1.06. The fourth-order valence-electron chi connectivity index (χ4n) is 3.40. The second kappa shape index (κ2) is 7.81. The molecule has 1 aromatic carbocycles. The first kappa shape index (κ1) is 16.3. The molecule has 1 aromatic rings. The Morgan fingerprint density at radius 2 is 2.05 bits per heavy atom. The minimum Gasteiger partial charge on any atom is -0.496 e. The lowest BCUT2D eigenvalue weighted by atomic mass is 9.95. The topological polar surface area (TPSA) is 38.5 Å². The van der Waals surface area contributed by atoms with Crippen LogP contribution in [0.4, 0.5) is 0 Å². The van der Waals surface area contributed by atoms with Gasteiger partial charge in [-0.25, -0.2) is 0 Å². The molecule has 3 atom stereocenters. The van der Waals surface area contributed by atoms with Gasteiger partial charge in [-0.05, 0) is 50.8 Å². The molecule has 0 spiro atoms. The van der Waals surface area contributed by atoms with Crippen molar-refractivity contribution in [3.63, 3.8) is 0 Å². The third kappa shape index (κ3) is 3.98. The average Bonchev–Trinajstić information content (AvgIpc) is 2.73. The van der Waals surface area contributed by atoms with E-state index in [-0.39, 0.29) is 12.1 Å². The minimum absolute atomic E-state index is 0.148. The number of hydrogen-bond acceptors (Lipinski definition) is 3. The van der Waals surface area contributed by atoms with Crippen molar-refractivity contribution in [2.45, 2.75) is 51.6 Å². The van der Waals surface area contributed by atoms with Crippen molar-refractivity contribution in [2.24, 2.45) is 11.7 Å². The Morgan fingerprint density at radius 1 is 1.29 bits per heavy atom. The molecule has 1 aliphatic rings. The highest BCUT2D eigenvalue weighted by Gasteiger charge is 2.29. The van der Waals surface area contributed by atoms with Crippen LogP contribution >= 0.6 is 0 Å². The lowest BCUT2D eigenvalue weighted by Crippen LogP contribution is -2.41. The second-order valence-corrected chi connectivity index (χ2v) is 6.33. The maximum absolute atomic E-state index is 6.49. The molecule has 2 N–H and O–H groups in total. The normalized spacial score (nSPS) is 23.3. The van der Waals surface area contributed by atoms with Crippen LogP contribution in [-0.4, -0.2) is 31.1 Å². The fraction of sp³-hybridized carbons (Fsp3) is 0.667. The van der Waals surface area contributed by atoms with E-state index in [4.69, 9.17) is 10.5 Å². The smallest absolute Gasteiger partial charge is 0.123 e. The highest BCUT2D eigenvalue weighted by Crippen LogP contribution is 2.34. The van der Waals surface area contributed by atoms with Gasteiger partial charge in [-0.1, -0.05) is 32.0 Å². The van der Waals surface area contributed by atoms with Crippen LogP contribution < -0.4 is 10.5 Å². The summed E-state index contributed by atoms with van der Waals surface area (Å²) in [5, 5.41) is 0. The lowest BCUT2D eigenvalue weighted by molar-refractivity contribution is 0.170. The quantitative estimate of drug-likeness (QED) is 0.900. The van der Waals surface area contributed by atoms with Crippen molar-refractivity contribution in [2.75, 3.05) is 20.2 Å². The number of benzene rings is 1. The number of methoxy groups -OCH3 is 1. The van der Waals surface area contributed by atoms with Crippen molar-refractivity contribution >= 4 is 0 Å². The summed E-state index contributed by atoms with van der Waals surface area (Å²) in [6.07, 6.45) is 4.84. The molecule has 0 bridgehead atoms. The van der Waals surface area contributed by atoms with Gasteiger partial charge in [0.05, 0.1) is 13.2 Å². The molecule has 0 amide bonds. The molecule has 1 fully saturated rings. The Labute approximate surface area is 129 Å². The van der Waals surface area contributed by atoms with E-state index in [0.717, 1.165) is 31.2 Å². The molecule has 3 unspecified atom stereocenters. The van der Waals surface area contributed by atoms with Crippen molar-refractivity contribution in [3.8, 4) is 5.75 Å². The molecule has 0 radical (unpaired) electrons. The molecule has 0 saturated carbocycles. The van der Waals surface area contributed by atoms with Gasteiger partial charge in [0.2, 0.25) is 0 Å². The van der Waals surface area contributed by atoms with E-state index in [2.05, 4.69) is 30.9 Å². The monoisotopic (exact) mass is 290 g/mol. The molecule has 3 heteroatoms. The number of hydrogen-bond donors (Lipinski definition) is 1. The van der Waals surface area contributed by atoms with Crippen LogP contribution in [0.25, 0.3) is 0 Å². The minimum atomic E-state index is 0.148. The SMILES string of the molecule is CCC(N)C(c1ccccc1OC)N1CCCC(C)CC1. The molecule has 0 aliphatic carbocycles. The zero-order chi connectivity index (χ0) is 15.2. The van der Waals surface area contributed by atoms with Gasteiger partial charge in [0.15, 0.2) is 0 Å². The van der Waals surface area contributed by atoms with Crippen molar-refractivity contribution in [1.29, 1.82) is 0 Å². The largest absolute Gasteiger partial charge is 0.496 e. The van der Waals surface area contributed by atoms with Crippen LogP contribution in [0.5, 0.6) is 5.75 Å². The third-order valence-corrected chi connectivity index (χ3v) is 4.78. The molecule has 3 nitrogen and oxygen atoms in total. The molecule has 0 aromatic heterocycles. The Kier molecular flexibility index (Phi) is 6.07. The number of nitrogens with zero attached hydrogens (tertiary/aromatic N) is 1. The second-order valence-electron chi connectivity index (χ2n) is 6.33. The van der Waals surface area contributed by atoms with E-state index in [1.807, 2.05) is 12.1 Å². The third-order valence-electron chi connectivity index (χ3n) is 4.78. The van der Waals surface area contributed by atoms with E-state index in [1.54, 1.807) is 7.11 Å². The van der Waals surface area contributed by atoms with Gasteiger partial charge in [-0.3, -0.25) is 4.90 Å². The molecule has 2 rings (SSSR count). The maximum atomic E-state index is 6.49. The van der Waals surface area contributed by atoms with E-state index in [0.29, 0.717) is 0 Å². The van der Waals surface area contributed by atoms with Gasteiger partial charge in [-0.15, -0.1) is 0 Å². The van der Waals surface area contributed by atoms with Crippen LogP contribution in [0.1, 0.15) is 51.1 Å². The predicted octanol–water partition coefficient (Wildman–Crippen LogP) is 3.60. The van der Waals surface area contributed by atoms with Crippen LogP contribution in [0.3, 0.4) is 0 Å². The van der Waals surface area contributed by atoms with E-state index < -0.39 is 0 Å². The summed E-state index contributed by atoms with van der Waals surface area (Å²) in [6, 6.07) is 8.75. The van der Waals surface area contributed by atoms with E-state index in [1.165, 1.54) is 24.8 Å². The first-order chi connectivity index (χ1) is 10.2. The zero-order valence-electron chi connectivity index (χ0n) is 13.7. The van der Waals surface area contributed by atoms with Crippen LogP contribution in [0.2, 0.25) is 0 Å². The van der Waals surface area contributed by atoms with Gasteiger partial charge in [0.1, 0.15) is 5.75 Å². The Bertz CT molecular complexity index is 435. The van der Waals surface area contributed by atoms with Gasteiger partial charge in [0, 0.05) is 11.6 Å². The summed E-state index contributed by atoms with van der Waals surface area (Å²) >= 11 is 0. The van der Waals surface area contributed by atoms with Gasteiger partial charge >= 0.3 is 0 Å². The van der Waals surface area contributed by atoms with E-state index in [9.17, 15) is 0 Å². The number of likely N-dealkylation sites (tertiary alicyclic amines) is 1. The van der Waals surface area contributed by atoms with Crippen LogP contribution in [0.15, 0.2) is 24.3 Å². The summed E-state index contributed by atoms with van der Waals surface area (Å²) in [5.41, 5.74) is 7.73. The average molecular weight is 290 g/mol. The maximum Gasteiger partial charge on any atom is 0.123 e. The van der Waals surface area contributed by atoms with Crippen molar-refractivity contribution in [1.82, 2.24) is 4.90 Å². The molecular weight excluding hydrogens is 260 g/mol. The fourth-order valence-corrected chi connectivity index (χ4v) is 3.40. The molecule has 118 valence electrons. The number of ether oxygens (including phenoxy) is 1. The van der Waals surface area contributed by atoms with Crippen molar-refractivity contribution in [3.05, 3.63) is 29.8 Å². The molecule has 1 saturated heterocycles. The Morgan fingerprint density at radius 3 is 2.76 bits per heavy atom. The van der Waals surface area contributed by atoms with Gasteiger partial charge < -0.3 is 10.5 Å². The number of nitrogens with two attached hydrogens (primary N) is 1. The number of rotatable bonds is 5. The number of para-hydroxylation sites is 1. The van der Waals surface area contributed by atoms with Gasteiger partial charge in [0.25, 0.3) is 0 Å². The summed E-state index contributed by atoms with van der Waals surface area (Å²) in [5.74, 6) is 1.79. The molecule has 21 heavy (non-hydrogen) atoms. The highest BCUT2D eigenvalue weighted by molar-refractivity contribution is 5.36. The summed E-state index contributed by atoms with van der Waals surface area (Å²) in [6.45, 7) is 6.81. The molecular formula is C18H30N2O. The molecule has 1 aliphatic heterocycles.